The molecule has 70 valence electrons. The first kappa shape index (κ1) is 9.45. The van der Waals surface area contributed by atoms with E-state index in [0.29, 0.717) is 6.54 Å². The topological polar surface area (TPSA) is 46.4 Å². The third-order valence-electron chi connectivity index (χ3n) is 2.30. The van der Waals surface area contributed by atoms with Gasteiger partial charge in [-0.3, -0.25) is 15.0 Å². The van der Waals surface area contributed by atoms with Gasteiger partial charge in [0.25, 0.3) is 0 Å². The molecule has 1 aliphatic rings. The molecule has 0 unspecified atom stereocenters. The Bertz CT molecular complexity index is 174. The van der Waals surface area contributed by atoms with E-state index in [9.17, 15) is 10.1 Å². The minimum absolute atomic E-state index is 0.189. The van der Waals surface area contributed by atoms with Gasteiger partial charge in [-0.05, 0) is 25.9 Å². The molecule has 1 aliphatic heterocycles. The molecule has 0 spiro atoms. The molecule has 0 aromatic heterocycles. The van der Waals surface area contributed by atoms with E-state index in [4.69, 9.17) is 0 Å². The fourth-order valence-corrected chi connectivity index (χ4v) is 1.55. The maximum Gasteiger partial charge on any atom is 0.229 e. The molecular weight excluding hydrogens is 156 g/mol. The zero-order valence-electron chi connectivity index (χ0n) is 7.75. The van der Waals surface area contributed by atoms with Gasteiger partial charge in [-0.15, -0.1) is 0 Å². The van der Waals surface area contributed by atoms with Crippen LogP contribution in [0.15, 0.2) is 0 Å². The smallest absolute Gasteiger partial charge is 0.229 e. The van der Waals surface area contributed by atoms with Gasteiger partial charge in [0.15, 0.2) is 0 Å². The molecule has 4 heteroatoms. The summed E-state index contributed by atoms with van der Waals surface area (Å²) in [6, 6.07) is 0. The Morgan fingerprint density at radius 1 is 1.42 bits per heavy atom. The van der Waals surface area contributed by atoms with Crippen LogP contribution in [-0.2, 0) is 0 Å². The molecule has 0 N–H and O–H groups in total. The number of hydrogen-bond donors (Lipinski definition) is 0. The first-order valence-corrected chi connectivity index (χ1v) is 4.39. The number of likely N-dealkylation sites (tertiary alicyclic amines) is 1. The van der Waals surface area contributed by atoms with E-state index >= 15 is 0 Å². The number of rotatable bonds is 3. The van der Waals surface area contributed by atoms with Gasteiger partial charge in [-0.25, -0.2) is 0 Å². The van der Waals surface area contributed by atoms with Crippen molar-refractivity contribution in [1.82, 2.24) is 4.90 Å². The van der Waals surface area contributed by atoms with Crippen LogP contribution >= 0.6 is 0 Å². The minimum atomic E-state index is -0.787. The van der Waals surface area contributed by atoms with Gasteiger partial charge in [-0.1, -0.05) is 0 Å². The third kappa shape index (κ3) is 2.17. The molecule has 1 heterocycles. The van der Waals surface area contributed by atoms with Gasteiger partial charge in [0.05, 0.1) is 6.54 Å². The van der Waals surface area contributed by atoms with Crippen molar-refractivity contribution in [1.29, 1.82) is 0 Å². The van der Waals surface area contributed by atoms with Gasteiger partial charge < -0.3 is 0 Å². The molecule has 1 fully saturated rings. The van der Waals surface area contributed by atoms with E-state index in [1.165, 1.54) is 12.8 Å². The van der Waals surface area contributed by atoms with Crippen molar-refractivity contribution in [3.05, 3.63) is 10.1 Å². The molecule has 1 saturated heterocycles. The van der Waals surface area contributed by atoms with Crippen molar-refractivity contribution in [3.63, 3.8) is 0 Å². The summed E-state index contributed by atoms with van der Waals surface area (Å²) >= 11 is 0. The molecule has 4 nitrogen and oxygen atoms in total. The van der Waals surface area contributed by atoms with E-state index in [1.807, 2.05) is 0 Å². The summed E-state index contributed by atoms with van der Waals surface area (Å²) in [5, 5.41) is 10.6. The normalized spacial score (nSPS) is 19.8. The standard InChI is InChI=1S/C8H16N2O2/c1-8(2,10(11)12)7-9-5-3-4-6-9/h3-7H2,1-2H3. The summed E-state index contributed by atoms with van der Waals surface area (Å²) in [4.78, 5) is 12.6. The van der Waals surface area contributed by atoms with Crippen LogP contribution in [0, 0.1) is 10.1 Å². The Morgan fingerprint density at radius 2 is 1.92 bits per heavy atom. The highest BCUT2D eigenvalue weighted by Crippen LogP contribution is 2.14. The number of nitro groups is 1. The molecule has 1 rings (SSSR count). The van der Waals surface area contributed by atoms with Crippen LogP contribution in [0.1, 0.15) is 26.7 Å². The highest BCUT2D eigenvalue weighted by molar-refractivity contribution is 4.76. The van der Waals surface area contributed by atoms with Crippen molar-refractivity contribution in [2.75, 3.05) is 19.6 Å². The molecule has 0 aromatic rings. The second-order valence-corrected chi connectivity index (χ2v) is 4.05. The van der Waals surface area contributed by atoms with Crippen LogP contribution < -0.4 is 0 Å². The van der Waals surface area contributed by atoms with Crippen LogP contribution in [0.2, 0.25) is 0 Å². The monoisotopic (exact) mass is 172 g/mol. The van der Waals surface area contributed by atoms with Gasteiger partial charge in [-0.2, -0.15) is 0 Å². The molecule has 0 amide bonds. The van der Waals surface area contributed by atoms with Crippen LogP contribution in [0.3, 0.4) is 0 Å². The van der Waals surface area contributed by atoms with Crippen molar-refractivity contribution >= 4 is 0 Å². The lowest BCUT2D eigenvalue weighted by Crippen LogP contribution is -2.43. The molecule has 0 radical (unpaired) electrons. The van der Waals surface area contributed by atoms with Crippen molar-refractivity contribution in [2.45, 2.75) is 32.2 Å². The Kier molecular flexibility index (Phi) is 2.67. The van der Waals surface area contributed by atoms with E-state index < -0.39 is 5.54 Å². The minimum Gasteiger partial charge on any atom is -0.297 e. The number of nitrogens with zero attached hydrogens (tertiary/aromatic N) is 2. The second-order valence-electron chi connectivity index (χ2n) is 4.05. The summed E-state index contributed by atoms with van der Waals surface area (Å²) in [5.74, 6) is 0. The maximum atomic E-state index is 10.6. The van der Waals surface area contributed by atoms with Gasteiger partial charge in [0.2, 0.25) is 5.54 Å². The fraction of sp³-hybridized carbons (Fsp3) is 1.00. The van der Waals surface area contributed by atoms with Crippen molar-refractivity contribution in [3.8, 4) is 0 Å². The Morgan fingerprint density at radius 3 is 2.33 bits per heavy atom. The Labute approximate surface area is 72.7 Å². The van der Waals surface area contributed by atoms with E-state index in [2.05, 4.69) is 4.90 Å². The lowest BCUT2D eigenvalue weighted by atomic mass is 10.1. The first-order chi connectivity index (χ1) is 5.52. The van der Waals surface area contributed by atoms with Crippen LogP contribution in [0.5, 0.6) is 0 Å². The molecule has 0 atom stereocenters. The molecule has 0 aliphatic carbocycles. The largest absolute Gasteiger partial charge is 0.297 e. The average molecular weight is 172 g/mol. The Balaban J connectivity index is 2.42. The van der Waals surface area contributed by atoms with Crippen molar-refractivity contribution in [2.24, 2.45) is 0 Å². The average Bonchev–Trinajstić information content (AvgIpc) is 2.38. The SMILES string of the molecule is CC(C)(CN1CCCC1)[N+](=O)[O-]. The molecule has 0 bridgehead atoms. The second kappa shape index (κ2) is 3.39. The predicted octanol–water partition coefficient (Wildman–Crippen LogP) is 1.14. The zero-order chi connectivity index (χ0) is 9.19. The zero-order valence-corrected chi connectivity index (χ0v) is 7.75. The summed E-state index contributed by atoms with van der Waals surface area (Å²) in [5.41, 5.74) is -0.787. The first-order valence-electron chi connectivity index (χ1n) is 4.39. The van der Waals surface area contributed by atoms with Crippen LogP contribution in [0.25, 0.3) is 0 Å². The summed E-state index contributed by atoms with van der Waals surface area (Å²) in [6.07, 6.45) is 2.38. The highest BCUT2D eigenvalue weighted by Gasteiger charge is 2.33. The Hall–Kier alpha value is -0.640. The lowest BCUT2D eigenvalue weighted by molar-refractivity contribution is -0.560. The third-order valence-corrected chi connectivity index (χ3v) is 2.30. The predicted molar refractivity (Wildman–Crippen MR) is 46.7 cm³/mol. The summed E-state index contributed by atoms with van der Waals surface area (Å²) < 4.78 is 0. The quantitative estimate of drug-likeness (QED) is 0.473. The number of hydrogen-bond acceptors (Lipinski definition) is 3. The van der Waals surface area contributed by atoms with Gasteiger partial charge in [0, 0.05) is 18.8 Å². The lowest BCUT2D eigenvalue weighted by Gasteiger charge is -2.22. The fourth-order valence-electron chi connectivity index (χ4n) is 1.55. The molecule has 12 heavy (non-hydrogen) atoms. The highest BCUT2D eigenvalue weighted by atomic mass is 16.6. The van der Waals surface area contributed by atoms with E-state index in [1.54, 1.807) is 13.8 Å². The summed E-state index contributed by atoms with van der Waals surface area (Å²) in [6.45, 7) is 6.01. The van der Waals surface area contributed by atoms with Crippen LogP contribution in [-0.4, -0.2) is 35.0 Å². The molecule has 0 aromatic carbocycles. The molecular formula is C8H16N2O2. The van der Waals surface area contributed by atoms with Crippen LogP contribution in [0.4, 0.5) is 0 Å². The van der Waals surface area contributed by atoms with E-state index in [0.717, 1.165) is 13.1 Å². The summed E-state index contributed by atoms with van der Waals surface area (Å²) in [7, 11) is 0. The molecule has 0 saturated carbocycles. The van der Waals surface area contributed by atoms with Gasteiger partial charge in [0.1, 0.15) is 0 Å². The van der Waals surface area contributed by atoms with E-state index in [-0.39, 0.29) is 4.92 Å². The maximum absolute atomic E-state index is 10.6. The van der Waals surface area contributed by atoms with Gasteiger partial charge >= 0.3 is 0 Å². The van der Waals surface area contributed by atoms with Crippen molar-refractivity contribution < 1.29 is 4.92 Å².